The molecule has 1 N–H and O–H groups in total. The Labute approximate surface area is 223 Å². The molecule has 37 heavy (non-hydrogen) atoms. The Bertz CT molecular complexity index is 1350. The van der Waals surface area contributed by atoms with Crippen molar-refractivity contribution >= 4 is 45.8 Å². The second kappa shape index (κ2) is 10.6. The highest BCUT2D eigenvalue weighted by Crippen LogP contribution is 2.49. The molecule has 2 fully saturated rings. The van der Waals surface area contributed by atoms with E-state index in [1.165, 1.54) is 0 Å². The average molecular weight is 518 g/mol. The summed E-state index contributed by atoms with van der Waals surface area (Å²) in [6.07, 6.45) is 8.53. The molecule has 7 heteroatoms. The molecule has 3 heterocycles. The number of amides is 2. The van der Waals surface area contributed by atoms with Crippen molar-refractivity contribution in [3.8, 4) is 0 Å². The second-order valence-corrected chi connectivity index (χ2v) is 10.5. The number of likely N-dealkylation sites (N-methyl/N-ethyl adjacent to an activating group) is 1. The molecule has 2 aliphatic heterocycles. The third kappa shape index (κ3) is 5.50. The molecule has 0 atom stereocenters. The molecule has 2 aromatic rings. The highest BCUT2D eigenvalue weighted by atomic mass is 35.5. The van der Waals surface area contributed by atoms with Crippen molar-refractivity contribution in [2.24, 2.45) is 5.92 Å². The van der Waals surface area contributed by atoms with Crippen LogP contribution >= 0.6 is 11.6 Å². The van der Waals surface area contributed by atoms with E-state index in [0.717, 1.165) is 73.6 Å². The zero-order valence-electron chi connectivity index (χ0n) is 21.4. The number of fused-ring (bicyclic) bond motifs is 1. The van der Waals surface area contributed by atoms with Gasteiger partial charge < -0.3 is 19.5 Å². The fourth-order valence-electron chi connectivity index (χ4n) is 4.92. The number of furan rings is 1. The van der Waals surface area contributed by atoms with Crippen LogP contribution in [-0.4, -0.2) is 54.8 Å². The van der Waals surface area contributed by atoms with Crippen LogP contribution in [0, 0.1) is 5.92 Å². The molecule has 2 amide bonds. The van der Waals surface area contributed by atoms with Gasteiger partial charge in [0.05, 0.1) is 5.57 Å². The Morgan fingerprint density at radius 1 is 1.14 bits per heavy atom. The summed E-state index contributed by atoms with van der Waals surface area (Å²) in [6.45, 7) is 9.30. The van der Waals surface area contributed by atoms with Crippen LogP contribution in [0.3, 0.4) is 0 Å². The lowest BCUT2D eigenvalue weighted by Crippen LogP contribution is -2.34. The van der Waals surface area contributed by atoms with E-state index in [0.29, 0.717) is 27.8 Å². The molecule has 0 bridgehead atoms. The Balaban J connectivity index is 1.33. The number of nitrogens with zero attached hydrogens (tertiary/aromatic N) is 2. The van der Waals surface area contributed by atoms with E-state index in [1.807, 2.05) is 48.2 Å². The lowest BCUT2D eigenvalue weighted by Gasteiger charge is -2.20. The molecule has 1 aromatic heterocycles. The number of carbonyl (C=O) groups is 2. The summed E-state index contributed by atoms with van der Waals surface area (Å²) < 4.78 is 6.26. The molecular formula is C30H32ClN3O3. The molecule has 0 radical (unpaired) electrons. The summed E-state index contributed by atoms with van der Waals surface area (Å²) in [5.41, 5.74) is 4.58. The molecule has 1 saturated carbocycles. The summed E-state index contributed by atoms with van der Waals surface area (Å²) in [5.74, 6) is 1.58. The van der Waals surface area contributed by atoms with Crippen LogP contribution in [0.4, 0.5) is 5.69 Å². The average Bonchev–Trinajstić information content (AvgIpc) is 3.56. The van der Waals surface area contributed by atoms with E-state index in [9.17, 15) is 9.59 Å². The summed E-state index contributed by atoms with van der Waals surface area (Å²) in [6, 6.07) is 9.32. The Hall–Kier alpha value is -3.35. The number of anilines is 1. The second-order valence-electron chi connectivity index (χ2n) is 10.1. The van der Waals surface area contributed by atoms with E-state index >= 15 is 0 Å². The maximum absolute atomic E-state index is 12.9. The minimum Gasteiger partial charge on any atom is -0.457 e. The summed E-state index contributed by atoms with van der Waals surface area (Å²) >= 11 is 6.24. The number of rotatable bonds is 6. The summed E-state index contributed by atoms with van der Waals surface area (Å²) in [4.78, 5) is 29.8. The van der Waals surface area contributed by atoms with Gasteiger partial charge in [-0.15, -0.1) is 0 Å². The van der Waals surface area contributed by atoms with Gasteiger partial charge in [-0.1, -0.05) is 36.4 Å². The molecule has 0 unspecified atom stereocenters. The van der Waals surface area contributed by atoms with E-state index in [2.05, 4.69) is 23.8 Å². The van der Waals surface area contributed by atoms with Crippen molar-refractivity contribution < 1.29 is 14.0 Å². The number of nitrogens with one attached hydrogen (secondary N) is 1. The van der Waals surface area contributed by atoms with E-state index in [4.69, 9.17) is 16.0 Å². The lowest BCUT2D eigenvalue weighted by atomic mass is 9.96. The van der Waals surface area contributed by atoms with E-state index in [1.54, 1.807) is 12.1 Å². The fourth-order valence-corrected chi connectivity index (χ4v) is 5.09. The van der Waals surface area contributed by atoms with Crippen molar-refractivity contribution in [1.29, 1.82) is 0 Å². The first-order chi connectivity index (χ1) is 17.8. The number of allylic oxidation sites excluding steroid dienone is 4. The minimum absolute atomic E-state index is 0.0196. The van der Waals surface area contributed by atoms with Crippen molar-refractivity contribution in [3.05, 3.63) is 82.8 Å². The first kappa shape index (κ1) is 25.3. The first-order valence-electron chi connectivity index (χ1n) is 12.8. The molecular weight excluding hydrogens is 486 g/mol. The Morgan fingerprint density at radius 2 is 1.92 bits per heavy atom. The van der Waals surface area contributed by atoms with Crippen LogP contribution in [-0.2, 0) is 9.59 Å². The van der Waals surface area contributed by atoms with Crippen LogP contribution in [0.25, 0.3) is 16.7 Å². The van der Waals surface area contributed by atoms with Gasteiger partial charge in [0.2, 0.25) is 0 Å². The van der Waals surface area contributed by atoms with Crippen LogP contribution in [0.1, 0.15) is 43.3 Å². The molecule has 1 aromatic carbocycles. The number of halogens is 1. The standard InChI is InChI=1S/C30H32ClN3O3/c1-19(6-4-7-20(2)30(36)34-15-5-14-33(3)16-17-34)25-12-13-26(37-25)27(21-8-9-21)28-23-18-22(31)10-11-24(23)32-29(28)35/h4,6-7,10-13,18,21H,2,5,8-9,14-17H2,1,3H3,(H,32,35)/b7-4-,19-6+,28-27+. The van der Waals surface area contributed by atoms with Gasteiger partial charge in [0.1, 0.15) is 11.5 Å². The smallest absolute Gasteiger partial charge is 0.256 e. The molecule has 3 aliphatic rings. The highest BCUT2D eigenvalue weighted by Gasteiger charge is 2.37. The van der Waals surface area contributed by atoms with Crippen LogP contribution in [0.5, 0.6) is 0 Å². The van der Waals surface area contributed by atoms with Crippen molar-refractivity contribution in [1.82, 2.24) is 9.80 Å². The SMILES string of the molecule is C=C(/C=C\C=C(/C)c1ccc(/C(=C2/C(=O)Nc3ccc(Cl)cc32)C2CC2)o1)C(=O)N1CCCN(C)CC1. The third-order valence-corrected chi connectivity index (χ3v) is 7.40. The third-order valence-electron chi connectivity index (χ3n) is 7.17. The lowest BCUT2D eigenvalue weighted by molar-refractivity contribution is -0.126. The van der Waals surface area contributed by atoms with Crippen molar-refractivity contribution in [2.45, 2.75) is 26.2 Å². The molecule has 1 saturated heterocycles. The quantitative estimate of drug-likeness (QED) is 0.383. The predicted molar refractivity (Wildman–Crippen MR) is 149 cm³/mol. The van der Waals surface area contributed by atoms with Gasteiger partial charge >= 0.3 is 0 Å². The normalized spacial score (nSPS) is 20.1. The molecule has 6 nitrogen and oxygen atoms in total. The van der Waals surface area contributed by atoms with Gasteiger partial charge in [-0.05, 0) is 81.6 Å². The molecule has 0 spiro atoms. The van der Waals surface area contributed by atoms with Crippen molar-refractivity contribution in [2.75, 3.05) is 38.5 Å². The number of benzene rings is 1. The number of hydrogen-bond acceptors (Lipinski definition) is 4. The molecule has 1 aliphatic carbocycles. The fraction of sp³-hybridized carbons (Fsp3) is 0.333. The maximum atomic E-state index is 12.9. The van der Waals surface area contributed by atoms with Gasteiger partial charge in [0.15, 0.2) is 0 Å². The number of hydrogen-bond donors (Lipinski definition) is 1. The first-order valence-corrected chi connectivity index (χ1v) is 13.2. The maximum Gasteiger partial charge on any atom is 0.256 e. The zero-order chi connectivity index (χ0) is 26.1. The van der Waals surface area contributed by atoms with Gasteiger partial charge in [-0.25, -0.2) is 0 Å². The van der Waals surface area contributed by atoms with Crippen LogP contribution in [0.2, 0.25) is 5.02 Å². The van der Waals surface area contributed by atoms with Gasteiger partial charge in [0, 0.05) is 47.1 Å². The monoisotopic (exact) mass is 517 g/mol. The molecule has 192 valence electrons. The largest absolute Gasteiger partial charge is 0.457 e. The highest BCUT2D eigenvalue weighted by molar-refractivity contribution is 6.38. The van der Waals surface area contributed by atoms with Gasteiger partial charge in [0.25, 0.3) is 11.8 Å². The van der Waals surface area contributed by atoms with Crippen LogP contribution in [0.15, 0.2) is 65.1 Å². The van der Waals surface area contributed by atoms with E-state index in [-0.39, 0.29) is 11.8 Å². The summed E-state index contributed by atoms with van der Waals surface area (Å²) in [7, 11) is 2.08. The van der Waals surface area contributed by atoms with Gasteiger partial charge in [-0.2, -0.15) is 0 Å². The number of carbonyl (C=O) groups excluding carboxylic acids is 2. The summed E-state index contributed by atoms with van der Waals surface area (Å²) in [5, 5.41) is 3.55. The predicted octanol–water partition coefficient (Wildman–Crippen LogP) is 5.89. The molecule has 5 rings (SSSR count). The zero-order valence-corrected chi connectivity index (χ0v) is 22.1. The van der Waals surface area contributed by atoms with Crippen molar-refractivity contribution in [3.63, 3.8) is 0 Å². The minimum atomic E-state index is -0.119. The van der Waals surface area contributed by atoms with Gasteiger partial charge in [-0.3, -0.25) is 9.59 Å². The Kier molecular flexibility index (Phi) is 7.22. The Morgan fingerprint density at radius 3 is 2.70 bits per heavy atom. The van der Waals surface area contributed by atoms with E-state index < -0.39 is 0 Å². The topological polar surface area (TPSA) is 65.8 Å². The van der Waals surface area contributed by atoms with Crippen LogP contribution < -0.4 is 5.32 Å².